The summed E-state index contributed by atoms with van der Waals surface area (Å²) in [6.07, 6.45) is 0.770. The lowest BCUT2D eigenvalue weighted by Crippen LogP contribution is -2.35. The lowest BCUT2D eigenvalue weighted by molar-refractivity contribution is -0.123. The van der Waals surface area contributed by atoms with E-state index in [1.807, 2.05) is 24.3 Å². The highest BCUT2D eigenvalue weighted by Gasteiger charge is 2.29. The van der Waals surface area contributed by atoms with Gasteiger partial charge in [-0.3, -0.25) is 4.79 Å². The summed E-state index contributed by atoms with van der Waals surface area (Å²) < 4.78 is 12.9. The van der Waals surface area contributed by atoms with Gasteiger partial charge in [0.15, 0.2) is 0 Å². The van der Waals surface area contributed by atoms with E-state index in [9.17, 15) is 9.18 Å². The summed E-state index contributed by atoms with van der Waals surface area (Å²) in [7, 11) is 0. The summed E-state index contributed by atoms with van der Waals surface area (Å²) in [6.45, 7) is 2.50. The lowest BCUT2D eigenvalue weighted by Gasteiger charge is -2.30. The largest absolute Gasteiger partial charge is 0.382 e. The fourth-order valence-electron chi connectivity index (χ4n) is 2.90. The molecule has 1 heterocycles. The first-order valence-electron chi connectivity index (χ1n) is 7.51. The second-order valence-electron chi connectivity index (χ2n) is 5.77. The van der Waals surface area contributed by atoms with Crippen molar-refractivity contribution < 1.29 is 9.18 Å². The molecule has 0 radical (unpaired) electrons. The van der Waals surface area contributed by atoms with Gasteiger partial charge in [0.2, 0.25) is 5.91 Å². The normalized spacial score (nSPS) is 19.9. The minimum absolute atomic E-state index is 0.0186. The Hall–Kier alpha value is -2.36. The first-order chi connectivity index (χ1) is 10.6. The second kappa shape index (κ2) is 6.18. The van der Waals surface area contributed by atoms with Crippen LogP contribution >= 0.6 is 0 Å². The van der Waals surface area contributed by atoms with E-state index < -0.39 is 0 Å². The van der Waals surface area contributed by atoms with Gasteiger partial charge in [0.1, 0.15) is 5.82 Å². The van der Waals surface area contributed by atoms with Crippen LogP contribution in [0.2, 0.25) is 0 Å². The highest BCUT2D eigenvalue weighted by atomic mass is 19.1. The fourth-order valence-corrected chi connectivity index (χ4v) is 2.90. The number of hydrogen-bond acceptors (Lipinski definition) is 2. The van der Waals surface area contributed by atoms with Crippen LogP contribution in [-0.2, 0) is 11.3 Å². The van der Waals surface area contributed by atoms with Crippen molar-refractivity contribution in [3.8, 4) is 0 Å². The maximum Gasteiger partial charge on any atom is 0.227 e. The quantitative estimate of drug-likeness (QED) is 0.911. The van der Waals surface area contributed by atoms with Crippen LogP contribution in [-0.4, -0.2) is 11.9 Å². The summed E-state index contributed by atoms with van der Waals surface area (Å²) in [5, 5.41) is 6.36. The number of nitrogens with one attached hydrogen (secondary N) is 2. The van der Waals surface area contributed by atoms with Gasteiger partial charge in [-0.1, -0.05) is 30.3 Å². The van der Waals surface area contributed by atoms with Crippen LogP contribution in [0.4, 0.5) is 10.1 Å². The van der Waals surface area contributed by atoms with Crippen LogP contribution in [0.5, 0.6) is 0 Å². The number of para-hydroxylation sites is 1. The third-order valence-corrected chi connectivity index (χ3v) is 4.02. The number of fused-ring (bicyclic) bond motifs is 1. The number of amides is 1. The first-order valence-corrected chi connectivity index (χ1v) is 7.51. The molecule has 114 valence electrons. The molecular formula is C18H19FN2O. The zero-order chi connectivity index (χ0) is 15.5. The van der Waals surface area contributed by atoms with E-state index in [1.165, 1.54) is 12.1 Å². The first kappa shape index (κ1) is 14.6. The molecule has 0 bridgehead atoms. The Morgan fingerprint density at radius 1 is 1.23 bits per heavy atom. The molecule has 0 aliphatic carbocycles. The monoisotopic (exact) mass is 298 g/mol. The minimum Gasteiger partial charge on any atom is -0.382 e. The predicted molar refractivity (Wildman–Crippen MR) is 85.1 cm³/mol. The van der Waals surface area contributed by atoms with Gasteiger partial charge in [-0.2, -0.15) is 0 Å². The Kier molecular flexibility index (Phi) is 4.09. The lowest BCUT2D eigenvalue weighted by atomic mass is 9.87. The van der Waals surface area contributed by atoms with Gasteiger partial charge in [0, 0.05) is 18.3 Å². The van der Waals surface area contributed by atoms with Gasteiger partial charge in [0.05, 0.1) is 5.92 Å². The Balaban J connectivity index is 1.71. The molecule has 0 saturated heterocycles. The molecule has 0 spiro atoms. The van der Waals surface area contributed by atoms with Crippen LogP contribution in [0, 0.1) is 5.82 Å². The molecule has 4 heteroatoms. The summed E-state index contributed by atoms with van der Waals surface area (Å²) in [5.74, 6) is -0.394. The van der Waals surface area contributed by atoms with E-state index in [4.69, 9.17) is 0 Å². The molecule has 2 N–H and O–H groups in total. The fraction of sp³-hybridized carbons (Fsp3) is 0.278. The van der Waals surface area contributed by atoms with Gasteiger partial charge < -0.3 is 10.6 Å². The molecular weight excluding hydrogens is 279 g/mol. The molecule has 2 unspecified atom stereocenters. The molecule has 1 aliphatic heterocycles. The SMILES string of the molecule is CC1CC(C(=O)NCc2ccc(F)cc2)c2ccccc2N1. The van der Waals surface area contributed by atoms with Crippen LogP contribution in [0.15, 0.2) is 48.5 Å². The topological polar surface area (TPSA) is 41.1 Å². The van der Waals surface area contributed by atoms with Crippen molar-refractivity contribution in [2.75, 3.05) is 5.32 Å². The molecule has 0 fully saturated rings. The van der Waals surface area contributed by atoms with Gasteiger partial charge >= 0.3 is 0 Å². The minimum atomic E-state index is -0.267. The molecule has 1 aliphatic rings. The number of halogens is 1. The van der Waals surface area contributed by atoms with Crippen molar-refractivity contribution in [1.82, 2.24) is 5.32 Å². The maximum absolute atomic E-state index is 12.9. The number of benzene rings is 2. The predicted octanol–water partition coefficient (Wildman–Crippen LogP) is 3.43. The van der Waals surface area contributed by atoms with Crippen molar-refractivity contribution in [3.63, 3.8) is 0 Å². The van der Waals surface area contributed by atoms with Crippen molar-refractivity contribution in [1.29, 1.82) is 0 Å². The average Bonchev–Trinajstić information content (AvgIpc) is 2.53. The molecule has 2 atom stereocenters. The van der Waals surface area contributed by atoms with Crippen LogP contribution in [0.3, 0.4) is 0 Å². The summed E-state index contributed by atoms with van der Waals surface area (Å²) in [5.41, 5.74) is 2.96. The maximum atomic E-state index is 12.9. The molecule has 2 aromatic rings. The van der Waals surface area contributed by atoms with Crippen molar-refractivity contribution in [2.24, 2.45) is 0 Å². The summed E-state index contributed by atoms with van der Waals surface area (Å²) >= 11 is 0. The zero-order valence-corrected chi connectivity index (χ0v) is 12.5. The van der Waals surface area contributed by atoms with E-state index in [0.29, 0.717) is 6.54 Å². The van der Waals surface area contributed by atoms with Crippen LogP contribution in [0.25, 0.3) is 0 Å². The molecule has 2 aromatic carbocycles. The Labute approximate surface area is 129 Å². The van der Waals surface area contributed by atoms with Crippen molar-refractivity contribution in [3.05, 3.63) is 65.5 Å². The molecule has 1 amide bonds. The zero-order valence-electron chi connectivity index (χ0n) is 12.5. The second-order valence-corrected chi connectivity index (χ2v) is 5.77. The van der Waals surface area contributed by atoms with Crippen molar-refractivity contribution >= 4 is 11.6 Å². The van der Waals surface area contributed by atoms with E-state index in [2.05, 4.69) is 17.6 Å². The highest BCUT2D eigenvalue weighted by Crippen LogP contribution is 2.34. The van der Waals surface area contributed by atoms with E-state index >= 15 is 0 Å². The van der Waals surface area contributed by atoms with E-state index in [1.54, 1.807) is 12.1 Å². The van der Waals surface area contributed by atoms with Crippen LogP contribution < -0.4 is 10.6 Å². The van der Waals surface area contributed by atoms with Gasteiger partial charge in [-0.25, -0.2) is 4.39 Å². The highest BCUT2D eigenvalue weighted by molar-refractivity contribution is 5.86. The van der Waals surface area contributed by atoms with E-state index in [0.717, 1.165) is 23.2 Å². The summed E-state index contributed by atoms with van der Waals surface area (Å²) in [4.78, 5) is 12.5. The third-order valence-electron chi connectivity index (χ3n) is 4.02. The van der Waals surface area contributed by atoms with E-state index in [-0.39, 0.29) is 23.7 Å². The van der Waals surface area contributed by atoms with Crippen molar-refractivity contribution in [2.45, 2.75) is 31.8 Å². The molecule has 0 aromatic heterocycles. The number of carbonyl (C=O) groups excluding carboxylic acids is 1. The molecule has 0 saturated carbocycles. The average molecular weight is 298 g/mol. The van der Waals surface area contributed by atoms with Gasteiger partial charge in [0.25, 0.3) is 0 Å². The van der Waals surface area contributed by atoms with Crippen LogP contribution in [0.1, 0.15) is 30.4 Å². The number of rotatable bonds is 3. The Morgan fingerprint density at radius 3 is 2.73 bits per heavy atom. The smallest absolute Gasteiger partial charge is 0.227 e. The van der Waals surface area contributed by atoms with Gasteiger partial charge in [-0.15, -0.1) is 0 Å². The molecule has 3 nitrogen and oxygen atoms in total. The van der Waals surface area contributed by atoms with Gasteiger partial charge in [-0.05, 0) is 42.7 Å². The summed E-state index contributed by atoms with van der Waals surface area (Å²) in [6, 6.07) is 14.4. The molecule has 3 rings (SSSR count). The number of anilines is 1. The number of hydrogen-bond donors (Lipinski definition) is 2. The number of carbonyl (C=O) groups is 1. The Morgan fingerprint density at radius 2 is 1.95 bits per heavy atom. The Bertz CT molecular complexity index is 669. The third kappa shape index (κ3) is 3.11. The standard InChI is InChI=1S/C18H19FN2O/c1-12-10-16(15-4-2-3-5-17(15)21-12)18(22)20-11-13-6-8-14(19)9-7-13/h2-9,12,16,21H,10-11H2,1H3,(H,20,22). The molecule has 22 heavy (non-hydrogen) atoms.